The first-order valence-electron chi connectivity index (χ1n) is 6.20. The monoisotopic (exact) mass is 219 g/mol. The molecule has 1 heterocycles. The predicted molar refractivity (Wildman–Crippen MR) is 67.7 cm³/mol. The van der Waals surface area contributed by atoms with Crippen molar-refractivity contribution < 1.29 is 5.11 Å². The molecule has 0 bridgehead atoms. The highest BCUT2D eigenvalue weighted by molar-refractivity contribution is 5.54. The summed E-state index contributed by atoms with van der Waals surface area (Å²) < 4.78 is 0. The number of benzene rings is 1. The van der Waals surface area contributed by atoms with E-state index in [4.69, 9.17) is 0 Å². The minimum absolute atomic E-state index is 0.381. The quantitative estimate of drug-likeness (QED) is 0.826. The van der Waals surface area contributed by atoms with Crippen LogP contribution in [0.15, 0.2) is 24.3 Å². The van der Waals surface area contributed by atoms with E-state index >= 15 is 0 Å². The van der Waals surface area contributed by atoms with Crippen molar-refractivity contribution in [3.8, 4) is 0 Å². The van der Waals surface area contributed by atoms with Gasteiger partial charge in [0, 0.05) is 24.3 Å². The Hall–Kier alpha value is -1.02. The number of aliphatic hydroxyl groups is 1. The molecule has 0 saturated carbocycles. The second kappa shape index (κ2) is 4.88. The Morgan fingerprint density at radius 1 is 1.38 bits per heavy atom. The van der Waals surface area contributed by atoms with Crippen molar-refractivity contribution in [2.75, 3.05) is 18.0 Å². The van der Waals surface area contributed by atoms with E-state index in [9.17, 15) is 5.11 Å². The summed E-state index contributed by atoms with van der Waals surface area (Å²) in [6.07, 6.45) is 2.20. The lowest BCUT2D eigenvalue weighted by atomic mass is 9.98. The van der Waals surface area contributed by atoms with E-state index in [1.807, 2.05) is 19.1 Å². The average molecular weight is 219 g/mol. The van der Waals surface area contributed by atoms with Gasteiger partial charge in [0.15, 0.2) is 0 Å². The molecule has 0 radical (unpaired) electrons. The van der Waals surface area contributed by atoms with Gasteiger partial charge in [-0.3, -0.25) is 0 Å². The summed E-state index contributed by atoms with van der Waals surface area (Å²) >= 11 is 0. The van der Waals surface area contributed by atoms with Crippen molar-refractivity contribution in [1.82, 2.24) is 0 Å². The molecule has 0 aliphatic carbocycles. The molecule has 2 heteroatoms. The fourth-order valence-electron chi connectivity index (χ4n) is 2.54. The molecular weight excluding hydrogens is 198 g/mol. The van der Waals surface area contributed by atoms with Gasteiger partial charge in [0.2, 0.25) is 0 Å². The Morgan fingerprint density at radius 2 is 2.12 bits per heavy atom. The maximum Gasteiger partial charge on any atom is 0.0781 e. The van der Waals surface area contributed by atoms with Gasteiger partial charge in [-0.05, 0) is 31.7 Å². The lowest BCUT2D eigenvalue weighted by Crippen LogP contribution is -2.34. The first kappa shape index (κ1) is 11.5. The first-order valence-corrected chi connectivity index (χ1v) is 6.20. The highest BCUT2D eigenvalue weighted by Gasteiger charge is 2.19. The SMILES string of the molecule is CC1CCCN(c2ccccc2[C@H](C)O)C1. The van der Waals surface area contributed by atoms with Crippen LogP contribution in [-0.2, 0) is 0 Å². The number of nitrogens with zero attached hydrogens (tertiary/aromatic N) is 1. The third-order valence-corrected chi connectivity index (χ3v) is 3.38. The zero-order valence-corrected chi connectivity index (χ0v) is 10.2. The molecule has 0 spiro atoms. The number of hydrogen-bond donors (Lipinski definition) is 1. The van der Waals surface area contributed by atoms with Crippen molar-refractivity contribution in [2.45, 2.75) is 32.8 Å². The van der Waals surface area contributed by atoms with E-state index in [1.165, 1.54) is 18.5 Å². The van der Waals surface area contributed by atoms with Gasteiger partial charge in [-0.15, -0.1) is 0 Å². The van der Waals surface area contributed by atoms with Gasteiger partial charge in [0.25, 0.3) is 0 Å². The van der Waals surface area contributed by atoms with E-state index < -0.39 is 0 Å². The molecule has 2 rings (SSSR count). The van der Waals surface area contributed by atoms with Crippen LogP contribution in [0.2, 0.25) is 0 Å². The molecule has 1 aliphatic heterocycles. The van der Waals surface area contributed by atoms with Crippen LogP contribution < -0.4 is 4.90 Å². The summed E-state index contributed by atoms with van der Waals surface area (Å²) in [5.41, 5.74) is 2.26. The van der Waals surface area contributed by atoms with E-state index in [1.54, 1.807) is 0 Å². The largest absolute Gasteiger partial charge is 0.389 e. The first-order chi connectivity index (χ1) is 7.68. The second-order valence-electron chi connectivity index (χ2n) is 4.93. The zero-order chi connectivity index (χ0) is 11.5. The van der Waals surface area contributed by atoms with Crippen molar-refractivity contribution in [2.24, 2.45) is 5.92 Å². The maximum absolute atomic E-state index is 9.77. The number of anilines is 1. The zero-order valence-electron chi connectivity index (χ0n) is 10.2. The Balaban J connectivity index is 2.25. The third-order valence-electron chi connectivity index (χ3n) is 3.38. The number of piperidine rings is 1. The molecule has 0 amide bonds. The number of hydrogen-bond acceptors (Lipinski definition) is 2. The van der Waals surface area contributed by atoms with Crippen LogP contribution in [0.3, 0.4) is 0 Å². The van der Waals surface area contributed by atoms with E-state index in [0.717, 1.165) is 24.6 Å². The highest BCUT2D eigenvalue weighted by Crippen LogP contribution is 2.29. The summed E-state index contributed by atoms with van der Waals surface area (Å²) in [4.78, 5) is 2.41. The van der Waals surface area contributed by atoms with Crippen LogP contribution in [0.4, 0.5) is 5.69 Å². The maximum atomic E-state index is 9.77. The fraction of sp³-hybridized carbons (Fsp3) is 0.571. The van der Waals surface area contributed by atoms with Gasteiger partial charge >= 0.3 is 0 Å². The molecule has 1 aliphatic rings. The summed E-state index contributed by atoms with van der Waals surface area (Å²) in [6, 6.07) is 8.21. The van der Waals surface area contributed by atoms with E-state index in [2.05, 4.69) is 24.0 Å². The van der Waals surface area contributed by atoms with Crippen LogP contribution >= 0.6 is 0 Å². The van der Waals surface area contributed by atoms with Gasteiger partial charge in [0.05, 0.1) is 6.10 Å². The highest BCUT2D eigenvalue weighted by atomic mass is 16.3. The van der Waals surface area contributed by atoms with Crippen LogP contribution in [0.5, 0.6) is 0 Å². The van der Waals surface area contributed by atoms with E-state index in [0.29, 0.717) is 0 Å². The van der Waals surface area contributed by atoms with Crippen LogP contribution in [0, 0.1) is 5.92 Å². The molecule has 1 aromatic rings. The van der Waals surface area contributed by atoms with Gasteiger partial charge in [-0.1, -0.05) is 25.1 Å². The van der Waals surface area contributed by atoms with Crippen molar-refractivity contribution in [1.29, 1.82) is 0 Å². The van der Waals surface area contributed by atoms with Crippen LogP contribution in [0.1, 0.15) is 38.4 Å². The smallest absolute Gasteiger partial charge is 0.0781 e. The van der Waals surface area contributed by atoms with Crippen LogP contribution in [0.25, 0.3) is 0 Å². The molecule has 0 aromatic heterocycles. The van der Waals surface area contributed by atoms with Crippen molar-refractivity contribution in [3.05, 3.63) is 29.8 Å². The molecule has 1 N–H and O–H groups in total. The summed E-state index contributed by atoms with van der Waals surface area (Å²) in [7, 11) is 0. The van der Waals surface area contributed by atoms with Gasteiger partial charge in [-0.25, -0.2) is 0 Å². The minimum atomic E-state index is -0.381. The van der Waals surface area contributed by atoms with Gasteiger partial charge in [0.1, 0.15) is 0 Å². The Morgan fingerprint density at radius 3 is 2.81 bits per heavy atom. The predicted octanol–water partition coefficient (Wildman–Crippen LogP) is 2.98. The van der Waals surface area contributed by atoms with Crippen LogP contribution in [-0.4, -0.2) is 18.2 Å². The van der Waals surface area contributed by atoms with Crippen molar-refractivity contribution in [3.63, 3.8) is 0 Å². The van der Waals surface area contributed by atoms with Gasteiger partial charge < -0.3 is 10.0 Å². The lowest BCUT2D eigenvalue weighted by Gasteiger charge is -2.34. The molecule has 1 unspecified atom stereocenters. The molecule has 1 aromatic carbocycles. The molecule has 16 heavy (non-hydrogen) atoms. The molecule has 1 saturated heterocycles. The number of rotatable bonds is 2. The second-order valence-corrected chi connectivity index (χ2v) is 4.93. The van der Waals surface area contributed by atoms with Crippen molar-refractivity contribution >= 4 is 5.69 Å². The number of aliphatic hydroxyl groups excluding tert-OH is 1. The summed E-state index contributed by atoms with van der Waals surface area (Å²) in [5, 5.41) is 9.77. The molecule has 2 atom stereocenters. The molecule has 2 nitrogen and oxygen atoms in total. The standard InChI is InChI=1S/C14H21NO/c1-11-6-5-9-15(10-11)14-8-4-3-7-13(14)12(2)16/h3-4,7-8,11-12,16H,5-6,9-10H2,1-2H3/t11?,12-/m0/s1. The summed E-state index contributed by atoms with van der Waals surface area (Å²) in [5.74, 6) is 0.760. The molecular formula is C14H21NO. The Bertz CT molecular complexity index is 348. The van der Waals surface area contributed by atoms with Gasteiger partial charge in [-0.2, -0.15) is 0 Å². The molecule has 88 valence electrons. The minimum Gasteiger partial charge on any atom is -0.389 e. The summed E-state index contributed by atoms with van der Waals surface area (Å²) in [6.45, 7) is 6.38. The topological polar surface area (TPSA) is 23.5 Å². The third kappa shape index (κ3) is 2.38. The number of para-hydroxylation sites is 1. The lowest BCUT2D eigenvalue weighted by molar-refractivity contribution is 0.199. The fourth-order valence-corrected chi connectivity index (χ4v) is 2.54. The molecule has 1 fully saturated rings. The Labute approximate surface area is 97.9 Å². The average Bonchev–Trinajstić information content (AvgIpc) is 2.29. The van der Waals surface area contributed by atoms with E-state index in [-0.39, 0.29) is 6.10 Å². The normalized spacial score (nSPS) is 23.2. The Kier molecular flexibility index (Phi) is 3.49.